The van der Waals surface area contributed by atoms with Gasteiger partial charge in [-0.25, -0.2) is 0 Å². The number of rotatable bonds is 5. The van der Waals surface area contributed by atoms with Crippen LogP contribution in [-0.2, 0) is 17.4 Å². The van der Waals surface area contributed by atoms with Gasteiger partial charge >= 0.3 is 11.9 Å². The molecule has 0 spiro atoms. The molecule has 0 amide bonds. The van der Waals surface area contributed by atoms with Crippen molar-refractivity contribution in [3.8, 4) is 11.5 Å². The Morgan fingerprint density at radius 3 is 2.29 bits per heavy atom. The SMILES string of the molecule is CCc1ccc(Oc2ccc(C(F)(F)F)cc2[N+](=O)[O-])cc1C1=C(O)C2C3CCC(CC3)C2C1=O. The zero-order valence-corrected chi connectivity index (χ0v) is 19.0. The highest BCUT2D eigenvalue weighted by atomic mass is 19.4. The molecule has 3 saturated carbocycles. The number of halogens is 3. The molecule has 1 N–H and O–H groups in total. The number of aliphatic hydroxyl groups excluding tert-OH is 1. The molecule has 3 fully saturated rings. The van der Waals surface area contributed by atoms with Gasteiger partial charge in [0.1, 0.15) is 11.5 Å². The molecule has 0 aromatic heterocycles. The van der Waals surface area contributed by atoms with Crippen LogP contribution in [0.5, 0.6) is 11.5 Å². The van der Waals surface area contributed by atoms with Crippen LogP contribution in [0.25, 0.3) is 5.57 Å². The number of ketones is 1. The number of aliphatic hydroxyl groups is 1. The van der Waals surface area contributed by atoms with E-state index in [0.29, 0.717) is 18.1 Å². The highest BCUT2D eigenvalue weighted by Gasteiger charge is 2.54. The van der Waals surface area contributed by atoms with Gasteiger partial charge < -0.3 is 9.84 Å². The number of nitro benzene ring substituents is 1. The maximum absolute atomic E-state index is 13.5. The molecule has 0 aliphatic heterocycles. The van der Waals surface area contributed by atoms with Crippen molar-refractivity contribution in [1.29, 1.82) is 0 Å². The number of allylic oxidation sites excluding steroid dienone is 2. The van der Waals surface area contributed by atoms with Gasteiger partial charge in [-0.2, -0.15) is 13.2 Å². The summed E-state index contributed by atoms with van der Waals surface area (Å²) < 4.78 is 44.8. The molecule has 0 saturated heterocycles. The summed E-state index contributed by atoms with van der Waals surface area (Å²) in [7, 11) is 0. The number of carbonyl (C=O) groups is 1. The Balaban J connectivity index is 1.54. The van der Waals surface area contributed by atoms with Crippen LogP contribution >= 0.6 is 0 Å². The first-order chi connectivity index (χ1) is 16.6. The molecule has 4 aliphatic rings. The van der Waals surface area contributed by atoms with E-state index in [1.807, 2.05) is 6.92 Å². The second-order valence-corrected chi connectivity index (χ2v) is 9.56. The first-order valence-corrected chi connectivity index (χ1v) is 11.7. The Hall–Kier alpha value is -3.36. The summed E-state index contributed by atoms with van der Waals surface area (Å²) in [5, 5.41) is 22.6. The molecule has 4 aliphatic carbocycles. The molecule has 2 atom stereocenters. The summed E-state index contributed by atoms with van der Waals surface area (Å²) in [6, 6.07) is 6.88. The molecule has 2 bridgehead atoms. The Kier molecular flexibility index (Phi) is 5.61. The van der Waals surface area contributed by atoms with E-state index in [9.17, 15) is 33.2 Å². The van der Waals surface area contributed by atoms with E-state index in [0.717, 1.165) is 43.4 Å². The number of benzene rings is 2. The largest absolute Gasteiger partial charge is 0.511 e. The molecule has 0 radical (unpaired) electrons. The molecule has 6 nitrogen and oxygen atoms in total. The lowest BCUT2D eigenvalue weighted by atomic mass is 9.59. The number of nitrogens with zero attached hydrogens (tertiary/aromatic N) is 1. The highest BCUT2D eigenvalue weighted by molar-refractivity contribution is 6.25. The van der Waals surface area contributed by atoms with Crippen LogP contribution in [0.4, 0.5) is 18.9 Å². The van der Waals surface area contributed by atoms with Gasteiger partial charge in [0.05, 0.1) is 16.1 Å². The monoisotopic (exact) mass is 487 g/mol. The average molecular weight is 487 g/mol. The smallest absolute Gasteiger partial charge is 0.416 e. The van der Waals surface area contributed by atoms with Crippen LogP contribution in [0, 0.1) is 33.8 Å². The quantitative estimate of drug-likeness (QED) is 0.367. The summed E-state index contributed by atoms with van der Waals surface area (Å²) in [5.41, 5.74) is -0.371. The lowest BCUT2D eigenvalue weighted by Gasteiger charge is -2.44. The van der Waals surface area contributed by atoms with Crippen LogP contribution in [0.2, 0.25) is 0 Å². The number of aryl methyl sites for hydroxylation is 1. The lowest BCUT2D eigenvalue weighted by Crippen LogP contribution is -2.41. The predicted octanol–water partition coefficient (Wildman–Crippen LogP) is 6.87. The molecule has 9 heteroatoms. The maximum Gasteiger partial charge on any atom is 0.416 e. The molecule has 184 valence electrons. The van der Waals surface area contributed by atoms with Crippen molar-refractivity contribution in [2.75, 3.05) is 0 Å². The van der Waals surface area contributed by atoms with Crippen molar-refractivity contribution >= 4 is 17.0 Å². The Morgan fingerprint density at radius 1 is 1.06 bits per heavy atom. The average Bonchev–Trinajstić information content (AvgIpc) is 3.11. The van der Waals surface area contributed by atoms with E-state index in [1.165, 1.54) is 0 Å². The summed E-state index contributed by atoms with van der Waals surface area (Å²) in [4.78, 5) is 24.0. The topological polar surface area (TPSA) is 89.7 Å². The molecule has 2 unspecified atom stereocenters. The minimum absolute atomic E-state index is 0.0748. The van der Waals surface area contributed by atoms with Gasteiger partial charge in [0, 0.05) is 17.9 Å². The summed E-state index contributed by atoms with van der Waals surface area (Å²) in [6.45, 7) is 1.91. The zero-order valence-electron chi connectivity index (χ0n) is 19.0. The predicted molar refractivity (Wildman–Crippen MR) is 121 cm³/mol. The number of carbonyl (C=O) groups excluding carboxylic acids is 1. The fourth-order valence-corrected chi connectivity index (χ4v) is 6.16. The Labute approximate surface area is 199 Å². The van der Waals surface area contributed by atoms with Crippen LogP contribution in [0.3, 0.4) is 0 Å². The molecule has 35 heavy (non-hydrogen) atoms. The molecule has 2 aromatic carbocycles. The highest BCUT2D eigenvalue weighted by Crippen LogP contribution is 2.57. The zero-order chi connectivity index (χ0) is 25.1. The van der Waals surface area contributed by atoms with Gasteiger partial charge in [-0.05, 0) is 79.3 Å². The number of nitro groups is 1. The second kappa shape index (κ2) is 8.39. The van der Waals surface area contributed by atoms with Gasteiger partial charge in [-0.1, -0.05) is 13.0 Å². The lowest BCUT2D eigenvalue weighted by molar-refractivity contribution is -0.385. The van der Waals surface area contributed by atoms with Crippen molar-refractivity contribution in [1.82, 2.24) is 0 Å². The van der Waals surface area contributed by atoms with Crippen molar-refractivity contribution in [2.24, 2.45) is 23.7 Å². The number of alkyl halides is 3. The molecule has 0 heterocycles. The van der Waals surface area contributed by atoms with Gasteiger partial charge in [-0.3, -0.25) is 14.9 Å². The van der Waals surface area contributed by atoms with Crippen LogP contribution in [0.1, 0.15) is 49.3 Å². The summed E-state index contributed by atoms with van der Waals surface area (Å²) in [5.74, 6) is -0.0249. The van der Waals surface area contributed by atoms with Crippen molar-refractivity contribution < 1.29 is 32.7 Å². The minimum atomic E-state index is -4.73. The van der Waals surface area contributed by atoms with E-state index >= 15 is 0 Å². The van der Waals surface area contributed by atoms with Crippen molar-refractivity contribution in [2.45, 2.75) is 45.2 Å². The summed E-state index contributed by atoms with van der Waals surface area (Å²) in [6.07, 6.45) is -0.195. The second-order valence-electron chi connectivity index (χ2n) is 9.56. The number of fused-ring (bicyclic) bond motifs is 2. The number of ether oxygens (including phenoxy) is 1. The van der Waals surface area contributed by atoms with Crippen LogP contribution < -0.4 is 4.74 Å². The fraction of sp³-hybridized carbons (Fsp3) is 0.423. The van der Waals surface area contributed by atoms with Crippen LogP contribution in [0.15, 0.2) is 42.2 Å². The molecule has 6 rings (SSSR count). The maximum atomic E-state index is 13.5. The third-order valence-electron chi connectivity index (χ3n) is 7.78. The van der Waals surface area contributed by atoms with Crippen LogP contribution in [-0.4, -0.2) is 15.8 Å². The standard InChI is InChI=1S/C26H24F3NO5/c1-2-13-7-9-17(35-20-10-8-16(26(27,28)29)11-19(20)30(33)34)12-18(13)23-24(31)21-14-3-4-15(6-5-14)22(21)25(23)32/h7-12,14-15,21-22,31H,2-6H2,1H3. The number of hydrogen-bond donors (Lipinski definition) is 1. The molecular formula is C26H24F3NO5. The fourth-order valence-electron chi connectivity index (χ4n) is 6.16. The van der Waals surface area contributed by atoms with Gasteiger partial charge in [-0.15, -0.1) is 0 Å². The van der Waals surface area contributed by atoms with E-state index in [1.54, 1.807) is 18.2 Å². The Bertz CT molecular complexity index is 1240. The first-order valence-electron chi connectivity index (χ1n) is 11.7. The van der Waals surface area contributed by atoms with Gasteiger partial charge in [0.2, 0.25) is 5.75 Å². The number of Topliss-reactive ketones (excluding diaryl/α,β-unsaturated/α-hetero) is 1. The van der Waals surface area contributed by atoms with Crippen molar-refractivity contribution in [3.05, 3.63) is 69.0 Å². The van der Waals surface area contributed by atoms with E-state index in [2.05, 4.69) is 0 Å². The normalized spacial score (nSPS) is 25.7. The van der Waals surface area contributed by atoms with Gasteiger partial charge in [0.15, 0.2) is 5.78 Å². The minimum Gasteiger partial charge on any atom is -0.511 e. The molecular weight excluding hydrogens is 463 g/mol. The third-order valence-corrected chi connectivity index (χ3v) is 7.78. The third kappa shape index (κ3) is 3.86. The molecule has 2 aromatic rings. The Morgan fingerprint density at radius 2 is 1.71 bits per heavy atom. The van der Waals surface area contributed by atoms with E-state index < -0.39 is 22.4 Å². The summed E-state index contributed by atoms with van der Waals surface area (Å²) >= 11 is 0. The van der Waals surface area contributed by atoms with Gasteiger partial charge in [0.25, 0.3) is 0 Å². The number of hydrogen-bond acceptors (Lipinski definition) is 5. The van der Waals surface area contributed by atoms with E-state index in [-0.39, 0.29) is 52.3 Å². The first kappa shape index (κ1) is 23.4. The van der Waals surface area contributed by atoms with E-state index in [4.69, 9.17) is 4.74 Å². The van der Waals surface area contributed by atoms with Crippen molar-refractivity contribution in [3.63, 3.8) is 0 Å².